The highest BCUT2D eigenvalue weighted by atomic mass is 79.9. The average Bonchev–Trinajstić information content (AvgIpc) is 2.47. The smallest absolute Gasteiger partial charge is 0.317 e. The molecule has 0 heterocycles. The van der Waals surface area contributed by atoms with Crippen molar-refractivity contribution in [1.29, 1.82) is 0 Å². The molecule has 22 heavy (non-hydrogen) atoms. The number of aryl methyl sites for hydroxylation is 1. The van der Waals surface area contributed by atoms with Gasteiger partial charge >= 0.3 is 11.9 Å². The largest absolute Gasteiger partial charge is 0.481 e. The number of aliphatic carboxylic acids is 2. The first kappa shape index (κ1) is 18.0. The van der Waals surface area contributed by atoms with E-state index in [-0.39, 0.29) is 18.9 Å². The molecule has 1 aromatic carbocycles. The maximum atomic E-state index is 11.0. The van der Waals surface area contributed by atoms with Gasteiger partial charge in [0, 0.05) is 15.9 Å². The molecule has 7 nitrogen and oxygen atoms in total. The summed E-state index contributed by atoms with van der Waals surface area (Å²) in [5.74, 6) is -4.52. The van der Waals surface area contributed by atoms with E-state index in [9.17, 15) is 9.59 Å². The van der Waals surface area contributed by atoms with E-state index in [4.69, 9.17) is 15.7 Å². The Morgan fingerprint density at radius 3 is 2.32 bits per heavy atom. The van der Waals surface area contributed by atoms with Crippen LogP contribution in [0.4, 0.5) is 0 Å². The fourth-order valence-corrected chi connectivity index (χ4v) is 2.36. The van der Waals surface area contributed by atoms with E-state index in [0.29, 0.717) is 12.8 Å². The van der Waals surface area contributed by atoms with Crippen LogP contribution in [0.3, 0.4) is 0 Å². The van der Waals surface area contributed by atoms with E-state index in [0.717, 1.165) is 10.0 Å². The first-order valence-corrected chi connectivity index (χ1v) is 7.44. The Hall–Kier alpha value is -2.05. The van der Waals surface area contributed by atoms with E-state index < -0.39 is 17.9 Å². The Morgan fingerprint density at radius 1 is 1.23 bits per heavy atom. The lowest BCUT2D eigenvalue weighted by molar-refractivity contribution is -0.155. The SMILES string of the molecule is [N-]=[N+]=NC[C@@H](CCc1ccc(Br)cc1)CC(C(=O)O)C(=O)O. The standard InChI is InChI=1S/C14H16BrN3O4/c15-11-5-3-9(4-6-11)1-2-10(8-17-18-16)7-12(13(19)20)14(21)22/h3-6,10,12H,1-2,7-8H2,(H,19,20)(H,21,22)/t10-/m0/s1. The van der Waals surface area contributed by atoms with Crippen molar-refractivity contribution in [3.63, 3.8) is 0 Å². The molecule has 0 aliphatic heterocycles. The molecule has 1 aromatic rings. The van der Waals surface area contributed by atoms with E-state index in [1.54, 1.807) is 0 Å². The van der Waals surface area contributed by atoms with Gasteiger partial charge in [-0.2, -0.15) is 0 Å². The number of carbonyl (C=O) groups is 2. The van der Waals surface area contributed by atoms with Crippen LogP contribution in [-0.2, 0) is 16.0 Å². The van der Waals surface area contributed by atoms with Crippen LogP contribution in [-0.4, -0.2) is 28.7 Å². The molecule has 0 aliphatic rings. The summed E-state index contributed by atoms with van der Waals surface area (Å²) in [6, 6.07) is 7.66. The summed E-state index contributed by atoms with van der Waals surface area (Å²) in [5, 5.41) is 21.3. The Morgan fingerprint density at radius 2 is 1.82 bits per heavy atom. The minimum absolute atomic E-state index is 0.0553. The van der Waals surface area contributed by atoms with Gasteiger partial charge in [0.2, 0.25) is 0 Å². The lowest BCUT2D eigenvalue weighted by Gasteiger charge is -2.17. The molecule has 0 saturated carbocycles. The summed E-state index contributed by atoms with van der Waals surface area (Å²) >= 11 is 3.34. The molecule has 1 rings (SSSR count). The van der Waals surface area contributed by atoms with Crippen LogP contribution in [0.15, 0.2) is 33.9 Å². The van der Waals surface area contributed by atoms with Crippen LogP contribution in [0.2, 0.25) is 0 Å². The summed E-state index contributed by atoms with van der Waals surface area (Å²) in [6.45, 7) is 0.0874. The lowest BCUT2D eigenvalue weighted by atomic mass is 9.89. The maximum absolute atomic E-state index is 11.0. The normalized spacial score (nSPS) is 11.7. The molecule has 2 N–H and O–H groups in total. The van der Waals surface area contributed by atoms with Crippen LogP contribution in [0.1, 0.15) is 18.4 Å². The number of benzene rings is 1. The number of hydrogen-bond donors (Lipinski definition) is 2. The first-order valence-electron chi connectivity index (χ1n) is 6.65. The third-order valence-corrected chi connectivity index (χ3v) is 3.85. The first-order chi connectivity index (χ1) is 10.4. The van der Waals surface area contributed by atoms with Gasteiger partial charge in [0.25, 0.3) is 0 Å². The third-order valence-electron chi connectivity index (χ3n) is 3.32. The molecule has 8 heteroatoms. The maximum Gasteiger partial charge on any atom is 0.317 e. The molecular weight excluding hydrogens is 354 g/mol. The van der Waals surface area contributed by atoms with Gasteiger partial charge < -0.3 is 10.2 Å². The third kappa shape index (κ3) is 6.15. The average molecular weight is 370 g/mol. The lowest BCUT2D eigenvalue weighted by Crippen LogP contribution is -2.27. The van der Waals surface area contributed by atoms with E-state index >= 15 is 0 Å². The summed E-state index contributed by atoms with van der Waals surface area (Å²) in [4.78, 5) is 24.6. The number of hydrogen-bond acceptors (Lipinski definition) is 3. The zero-order chi connectivity index (χ0) is 16.5. The molecule has 0 spiro atoms. The number of nitrogens with zero attached hydrogens (tertiary/aromatic N) is 3. The molecule has 0 unspecified atom stereocenters. The quantitative estimate of drug-likeness (QED) is 0.299. The van der Waals surface area contributed by atoms with E-state index in [1.165, 1.54) is 0 Å². The van der Waals surface area contributed by atoms with Crippen molar-refractivity contribution in [3.05, 3.63) is 44.7 Å². The highest BCUT2D eigenvalue weighted by Crippen LogP contribution is 2.21. The van der Waals surface area contributed by atoms with Crippen LogP contribution < -0.4 is 0 Å². The van der Waals surface area contributed by atoms with Gasteiger partial charge in [-0.1, -0.05) is 33.2 Å². The Kier molecular flexibility index (Phi) is 7.42. The summed E-state index contributed by atoms with van der Waals surface area (Å²) in [7, 11) is 0. The molecule has 0 bridgehead atoms. The van der Waals surface area contributed by atoms with Crippen molar-refractivity contribution in [2.75, 3.05) is 6.54 Å². The van der Waals surface area contributed by atoms with Crippen molar-refractivity contribution in [3.8, 4) is 0 Å². The molecule has 0 fully saturated rings. The number of carboxylic acid groups (broad SMARTS) is 2. The Bertz CT molecular complexity index is 556. The van der Waals surface area contributed by atoms with E-state index in [2.05, 4.69) is 26.0 Å². The van der Waals surface area contributed by atoms with Crippen molar-refractivity contribution < 1.29 is 19.8 Å². The fourth-order valence-electron chi connectivity index (χ4n) is 2.10. The minimum Gasteiger partial charge on any atom is -0.481 e. The second kappa shape index (κ2) is 9.07. The highest BCUT2D eigenvalue weighted by molar-refractivity contribution is 9.10. The molecule has 1 atom stereocenters. The van der Waals surface area contributed by atoms with Crippen LogP contribution in [0.25, 0.3) is 10.4 Å². The van der Waals surface area contributed by atoms with Crippen molar-refractivity contribution in [2.45, 2.75) is 19.3 Å². The Labute approximate surface area is 135 Å². The molecular formula is C14H16BrN3O4. The van der Waals surface area contributed by atoms with Crippen LogP contribution in [0.5, 0.6) is 0 Å². The van der Waals surface area contributed by atoms with Crippen molar-refractivity contribution >= 4 is 27.9 Å². The summed E-state index contributed by atoms with van der Waals surface area (Å²) in [6.07, 6.45) is 1.16. The molecule has 0 saturated heterocycles. The number of halogens is 1. The van der Waals surface area contributed by atoms with Gasteiger partial charge in [-0.25, -0.2) is 0 Å². The second-order valence-corrected chi connectivity index (χ2v) is 5.83. The molecule has 0 aromatic heterocycles. The van der Waals surface area contributed by atoms with Gasteiger partial charge in [-0.3, -0.25) is 9.59 Å². The fraction of sp³-hybridized carbons (Fsp3) is 0.429. The minimum atomic E-state index is -1.48. The van der Waals surface area contributed by atoms with Gasteiger partial charge in [0.05, 0.1) is 0 Å². The molecule has 0 radical (unpaired) electrons. The molecule has 0 amide bonds. The van der Waals surface area contributed by atoms with Crippen LogP contribution in [0, 0.1) is 11.8 Å². The van der Waals surface area contributed by atoms with E-state index in [1.807, 2.05) is 24.3 Å². The molecule has 0 aliphatic carbocycles. The van der Waals surface area contributed by atoms with Crippen molar-refractivity contribution in [2.24, 2.45) is 17.0 Å². The van der Waals surface area contributed by atoms with Crippen LogP contribution >= 0.6 is 15.9 Å². The zero-order valence-corrected chi connectivity index (χ0v) is 13.3. The van der Waals surface area contributed by atoms with Gasteiger partial charge in [0.1, 0.15) is 0 Å². The number of rotatable bonds is 9. The molecule has 118 valence electrons. The van der Waals surface area contributed by atoms with Gasteiger partial charge in [0.15, 0.2) is 5.92 Å². The predicted molar refractivity (Wildman–Crippen MR) is 83.3 cm³/mol. The van der Waals surface area contributed by atoms with Crippen molar-refractivity contribution in [1.82, 2.24) is 0 Å². The predicted octanol–water partition coefficient (Wildman–Crippen LogP) is 3.48. The highest BCUT2D eigenvalue weighted by Gasteiger charge is 2.28. The number of carboxylic acids is 2. The Balaban J connectivity index is 2.70. The summed E-state index contributed by atoms with van der Waals surface area (Å²) in [5.41, 5.74) is 9.46. The van der Waals surface area contributed by atoms with Gasteiger partial charge in [-0.15, -0.1) is 0 Å². The number of azide groups is 1. The van der Waals surface area contributed by atoms with Gasteiger partial charge in [-0.05, 0) is 48.4 Å². The zero-order valence-electron chi connectivity index (χ0n) is 11.7. The monoisotopic (exact) mass is 369 g/mol. The second-order valence-electron chi connectivity index (χ2n) is 4.91. The topological polar surface area (TPSA) is 123 Å². The summed E-state index contributed by atoms with van der Waals surface area (Å²) < 4.78 is 0.957.